The zero-order valence-electron chi connectivity index (χ0n) is 9.63. The predicted octanol–water partition coefficient (Wildman–Crippen LogP) is 3.30. The third-order valence-corrected chi connectivity index (χ3v) is 2.69. The molecule has 0 saturated carbocycles. The molecule has 0 aromatic carbocycles. The minimum absolute atomic E-state index is 0.237. The lowest BCUT2D eigenvalue weighted by Crippen LogP contribution is -2.22. The second-order valence-electron chi connectivity index (χ2n) is 3.80. The lowest BCUT2D eigenvalue weighted by Gasteiger charge is -2.07. The molecule has 1 N–H and O–H groups in total. The lowest BCUT2D eigenvalue weighted by atomic mass is 10.2. The van der Waals surface area contributed by atoms with Gasteiger partial charge in [-0.1, -0.05) is 37.1 Å². The van der Waals surface area contributed by atoms with Gasteiger partial charge in [0, 0.05) is 6.42 Å². The van der Waals surface area contributed by atoms with Crippen molar-refractivity contribution in [1.29, 1.82) is 0 Å². The molecule has 0 bridgehead atoms. The lowest BCUT2D eigenvalue weighted by molar-refractivity contribution is -0.118. The second kappa shape index (κ2) is 7.29. The summed E-state index contributed by atoms with van der Waals surface area (Å²) < 4.78 is 0. The maximum absolute atomic E-state index is 11.5. The summed E-state index contributed by atoms with van der Waals surface area (Å²) in [6.45, 7) is 2.45. The Balaban J connectivity index is 2.42. The molecular formula is C13H18ClNO. The number of hydrogen-bond acceptors (Lipinski definition) is 2. The first-order valence-corrected chi connectivity index (χ1v) is 6.10. The molecule has 1 aliphatic rings. The van der Waals surface area contributed by atoms with Crippen molar-refractivity contribution in [2.75, 3.05) is 6.54 Å². The van der Waals surface area contributed by atoms with Crippen LogP contribution in [0.25, 0.3) is 0 Å². The van der Waals surface area contributed by atoms with Crippen LogP contribution in [0.15, 0.2) is 35.0 Å². The van der Waals surface area contributed by atoms with Gasteiger partial charge in [0.15, 0.2) is 5.78 Å². The van der Waals surface area contributed by atoms with Crippen molar-refractivity contribution in [2.45, 2.75) is 32.6 Å². The zero-order valence-corrected chi connectivity index (χ0v) is 10.4. The minimum atomic E-state index is 0.237. The Labute approximate surface area is 102 Å². The molecule has 1 aliphatic carbocycles. The molecule has 0 aliphatic heterocycles. The van der Waals surface area contributed by atoms with Gasteiger partial charge in [-0.2, -0.15) is 0 Å². The predicted molar refractivity (Wildman–Crippen MR) is 68.3 cm³/mol. The average molecular weight is 240 g/mol. The highest BCUT2D eigenvalue weighted by Crippen LogP contribution is 2.14. The number of ketones is 1. The van der Waals surface area contributed by atoms with Crippen molar-refractivity contribution in [1.82, 2.24) is 5.32 Å². The van der Waals surface area contributed by atoms with E-state index < -0.39 is 0 Å². The molecule has 88 valence electrons. The van der Waals surface area contributed by atoms with Crippen LogP contribution in [0.1, 0.15) is 32.6 Å². The molecule has 0 radical (unpaired) electrons. The molecule has 2 nitrogen and oxygen atoms in total. The summed E-state index contributed by atoms with van der Waals surface area (Å²) in [5.74, 6) is 0.237. The van der Waals surface area contributed by atoms with Gasteiger partial charge in [-0.15, -0.1) is 0 Å². The fourth-order valence-electron chi connectivity index (χ4n) is 1.40. The Morgan fingerprint density at radius 1 is 1.44 bits per heavy atom. The van der Waals surface area contributed by atoms with Crippen molar-refractivity contribution >= 4 is 17.4 Å². The Morgan fingerprint density at radius 2 is 2.19 bits per heavy atom. The smallest absolute Gasteiger partial charge is 0.151 e. The maximum atomic E-state index is 11.5. The third-order valence-electron chi connectivity index (χ3n) is 2.36. The number of unbranched alkanes of at least 4 members (excludes halogenated alkanes) is 1. The molecule has 0 aromatic rings. The molecule has 0 saturated heterocycles. The SMILES string of the molecule is CCCCC(=O)CNC1=C(Cl)C=CCC=C1. The van der Waals surface area contributed by atoms with E-state index >= 15 is 0 Å². The first-order chi connectivity index (χ1) is 7.74. The Bertz CT molecular complexity index is 329. The number of halogens is 1. The summed E-state index contributed by atoms with van der Waals surface area (Å²) in [6.07, 6.45) is 11.3. The van der Waals surface area contributed by atoms with Crippen molar-refractivity contribution in [2.24, 2.45) is 0 Å². The van der Waals surface area contributed by atoms with E-state index in [9.17, 15) is 4.79 Å². The Hall–Kier alpha value is -1.02. The number of rotatable bonds is 6. The highest BCUT2D eigenvalue weighted by atomic mass is 35.5. The number of allylic oxidation sites excluding steroid dienone is 5. The fourth-order valence-corrected chi connectivity index (χ4v) is 1.62. The molecular weight excluding hydrogens is 222 g/mol. The summed E-state index contributed by atoms with van der Waals surface area (Å²) in [5, 5.41) is 3.74. The third kappa shape index (κ3) is 4.67. The molecule has 16 heavy (non-hydrogen) atoms. The van der Waals surface area contributed by atoms with Crippen molar-refractivity contribution in [3.8, 4) is 0 Å². The summed E-state index contributed by atoms with van der Waals surface area (Å²) >= 11 is 6.04. The molecule has 0 amide bonds. The van der Waals surface area contributed by atoms with Crippen molar-refractivity contribution in [3.63, 3.8) is 0 Å². The highest BCUT2D eigenvalue weighted by Gasteiger charge is 2.04. The summed E-state index contributed by atoms with van der Waals surface area (Å²) in [7, 11) is 0. The van der Waals surface area contributed by atoms with Gasteiger partial charge in [0.05, 0.1) is 17.3 Å². The number of Topliss-reactive ketones (excluding diaryl/α,β-unsaturated/α-hetero) is 1. The van der Waals surface area contributed by atoms with Crippen LogP contribution in [0.2, 0.25) is 0 Å². The number of carbonyl (C=O) groups is 1. The van der Waals surface area contributed by atoms with Crippen LogP contribution in [0, 0.1) is 0 Å². The number of hydrogen-bond donors (Lipinski definition) is 1. The van der Waals surface area contributed by atoms with Crippen LogP contribution in [0.3, 0.4) is 0 Å². The molecule has 0 atom stereocenters. The van der Waals surface area contributed by atoms with Crippen LogP contribution in [-0.4, -0.2) is 12.3 Å². The number of carbonyl (C=O) groups excluding carboxylic acids is 1. The van der Waals surface area contributed by atoms with Gasteiger partial charge in [-0.3, -0.25) is 4.79 Å². The standard InChI is InChI=1S/C13H18ClNO/c1-2-3-7-11(16)10-15-13-9-6-4-5-8-12(13)14/h5-6,8-9,15H,2-4,7,10H2,1H3. The summed E-state index contributed by atoms with van der Waals surface area (Å²) in [5.41, 5.74) is 0.834. The Kier molecular flexibility index (Phi) is 5.94. The molecule has 0 fully saturated rings. The molecule has 0 spiro atoms. The van der Waals surface area contributed by atoms with E-state index in [0.29, 0.717) is 18.0 Å². The van der Waals surface area contributed by atoms with Crippen LogP contribution in [-0.2, 0) is 4.79 Å². The largest absolute Gasteiger partial charge is 0.377 e. The van der Waals surface area contributed by atoms with Crippen LogP contribution < -0.4 is 5.32 Å². The van der Waals surface area contributed by atoms with Crippen LogP contribution in [0.5, 0.6) is 0 Å². The molecule has 0 heterocycles. The van der Waals surface area contributed by atoms with Gasteiger partial charge in [0.1, 0.15) is 0 Å². The van der Waals surface area contributed by atoms with E-state index in [1.165, 1.54) is 0 Å². The van der Waals surface area contributed by atoms with Crippen LogP contribution in [0.4, 0.5) is 0 Å². The van der Waals surface area contributed by atoms with E-state index in [1.807, 2.05) is 24.3 Å². The minimum Gasteiger partial charge on any atom is -0.377 e. The zero-order chi connectivity index (χ0) is 11.8. The molecule has 0 unspecified atom stereocenters. The van der Waals surface area contributed by atoms with Gasteiger partial charge in [-0.25, -0.2) is 0 Å². The fraction of sp³-hybridized carbons (Fsp3) is 0.462. The molecule has 3 heteroatoms. The van der Waals surface area contributed by atoms with E-state index in [1.54, 1.807) is 0 Å². The number of nitrogens with one attached hydrogen (secondary N) is 1. The first kappa shape index (κ1) is 13.0. The van der Waals surface area contributed by atoms with E-state index in [-0.39, 0.29) is 5.78 Å². The van der Waals surface area contributed by atoms with E-state index in [4.69, 9.17) is 11.6 Å². The van der Waals surface area contributed by atoms with Gasteiger partial charge >= 0.3 is 0 Å². The summed E-state index contributed by atoms with van der Waals surface area (Å²) in [6, 6.07) is 0. The van der Waals surface area contributed by atoms with Gasteiger partial charge in [-0.05, 0) is 25.0 Å². The van der Waals surface area contributed by atoms with Gasteiger partial charge < -0.3 is 5.32 Å². The van der Waals surface area contributed by atoms with E-state index in [0.717, 1.165) is 25.0 Å². The second-order valence-corrected chi connectivity index (χ2v) is 4.21. The van der Waals surface area contributed by atoms with Crippen LogP contribution >= 0.6 is 11.6 Å². The van der Waals surface area contributed by atoms with Crippen molar-refractivity contribution < 1.29 is 4.79 Å². The van der Waals surface area contributed by atoms with Crippen molar-refractivity contribution in [3.05, 3.63) is 35.0 Å². The normalized spacial score (nSPS) is 15.1. The average Bonchev–Trinajstić information content (AvgIpc) is 2.48. The quantitative estimate of drug-likeness (QED) is 0.771. The van der Waals surface area contributed by atoms with E-state index in [2.05, 4.69) is 12.2 Å². The highest BCUT2D eigenvalue weighted by molar-refractivity contribution is 6.31. The Morgan fingerprint density at radius 3 is 2.94 bits per heavy atom. The maximum Gasteiger partial charge on any atom is 0.151 e. The molecule has 1 rings (SSSR count). The first-order valence-electron chi connectivity index (χ1n) is 5.72. The van der Waals surface area contributed by atoms with Gasteiger partial charge in [0.2, 0.25) is 0 Å². The molecule has 0 aromatic heterocycles. The van der Waals surface area contributed by atoms with Gasteiger partial charge in [0.25, 0.3) is 0 Å². The summed E-state index contributed by atoms with van der Waals surface area (Å²) in [4.78, 5) is 11.5. The monoisotopic (exact) mass is 239 g/mol. The topological polar surface area (TPSA) is 29.1 Å².